The van der Waals surface area contributed by atoms with Crippen molar-refractivity contribution in [2.24, 2.45) is 5.92 Å². The molecule has 1 fully saturated rings. The molecule has 3 aromatic carbocycles. The molecule has 1 aliphatic heterocycles. The van der Waals surface area contributed by atoms with E-state index in [2.05, 4.69) is 26.1 Å². The summed E-state index contributed by atoms with van der Waals surface area (Å²) < 4.78 is 11.1. The molecule has 0 aromatic heterocycles. The average molecular weight is 529 g/mol. The Bertz CT molecular complexity index is 1370. The summed E-state index contributed by atoms with van der Waals surface area (Å²) in [7, 11) is 0. The highest BCUT2D eigenvalue weighted by atomic mass is 16.5. The Balaban J connectivity index is 1.29. The minimum absolute atomic E-state index is 0.000510. The lowest BCUT2D eigenvalue weighted by Crippen LogP contribution is -2.28. The molecule has 0 aliphatic carbocycles. The summed E-state index contributed by atoms with van der Waals surface area (Å²) in [5.41, 5.74) is 2.81. The lowest BCUT2D eigenvalue weighted by Gasteiger charge is -2.19. The van der Waals surface area contributed by atoms with Crippen LogP contribution in [0, 0.1) is 5.92 Å². The fourth-order valence-corrected chi connectivity index (χ4v) is 4.24. The summed E-state index contributed by atoms with van der Waals surface area (Å²) in [6, 6.07) is 21.5. The van der Waals surface area contributed by atoms with E-state index in [-0.39, 0.29) is 30.1 Å². The van der Waals surface area contributed by atoms with Crippen LogP contribution >= 0.6 is 0 Å². The van der Waals surface area contributed by atoms with E-state index in [1.165, 1.54) is 17.4 Å². The second kappa shape index (κ2) is 11.5. The van der Waals surface area contributed by atoms with E-state index >= 15 is 0 Å². The zero-order valence-electron chi connectivity index (χ0n) is 22.5. The molecule has 8 heteroatoms. The number of nitrogens with zero attached hydrogens (tertiary/aromatic N) is 1. The molecule has 1 atom stereocenters. The minimum atomic E-state index is -0.677. The number of anilines is 2. The third-order valence-electron chi connectivity index (χ3n) is 6.46. The Morgan fingerprint density at radius 3 is 2.21 bits per heavy atom. The van der Waals surface area contributed by atoms with Crippen LogP contribution in [-0.4, -0.2) is 36.7 Å². The first-order valence-corrected chi connectivity index (χ1v) is 12.8. The van der Waals surface area contributed by atoms with Crippen LogP contribution < -0.4 is 15.0 Å². The highest BCUT2D eigenvalue weighted by Gasteiger charge is 2.36. The van der Waals surface area contributed by atoms with Gasteiger partial charge in [-0.3, -0.25) is 19.2 Å². The smallest absolute Gasteiger partial charge is 0.311 e. The van der Waals surface area contributed by atoms with E-state index in [0.29, 0.717) is 28.4 Å². The highest BCUT2D eigenvalue weighted by molar-refractivity contribution is 6.00. The number of amides is 2. The molecule has 2 amide bonds. The molecule has 0 unspecified atom stereocenters. The van der Waals surface area contributed by atoms with Gasteiger partial charge >= 0.3 is 5.97 Å². The van der Waals surface area contributed by atoms with Crippen LogP contribution in [0.2, 0.25) is 0 Å². The van der Waals surface area contributed by atoms with E-state index in [4.69, 9.17) is 9.47 Å². The third-order valence-corrected chi connectivity index (χ3v) is 6.46. The number of carbonyl (C=O) groups excluding carboxylic acids is 4. The number of carbonyl (C=O) groups is 4. The largest absolute Gasteiger partial charge is 0.457 e. The minimum Gasteiger partial charge on any atom is -0.457 e. The molecule has 1 saturated heterocycles. The molecule has 0 bridgehead atoms. The highest BCUT2D eigenvalue weighted by Crippen LogP contribution is 2.30. The number of nitrogens with one attached hydrogen (secondary N) is 1. The summed E-state index contributed by atoms with van der Waals surface area (Å²) in [5.74, 6) is -0.805. The zero-order chi connectivity index (χ0) is 28.2. The van der Waals surface area contributed by atoms with Crippen molar-refractivity contribution in [2.75, 3.05) is 23.4 Å². The molecular weight excluding hydrogens is 496 g/mol. The molecule has 0 saturated carbocycles. The maximum absolute atomic E-state index is 12.6. The molecule has 0 radical (unpaired) electrons. The Morgan fingerprint density at radius 2 is 1.59 bits per heavy atom. The lowest BCUT2D eigenvalue weighted by atomic mass is 9.87. The molecule has 0 spiro atoms. The second-order valence-corrected chi connectivity index (χ2v) is 10.6. The first-order valence-electron chi connectivity index (χ1n) is 12.8. The van der Waals surface area contributed by atoms with E-state index in [0.717, 1.165) is 0 Å². The Morgan fingerprint density at radius 1 is 0.949 bits per heavy atom. The van der Waals surface area contributed by atoms with Gasteiger partial charge in [0.15, 0.2) is 12.4 Å². The molecule has 202 valence electrons. The number of hydrogen-bond donors (Lipinski definition) is 1. The normalized spacial score (nSPS) is 15.1. The van der Waals surface area contributed by atoms with E-state index < -0.39 is 24.4 Å². The number of ether oxygens (including phenoxy) is 2. The maximum Gasteiger partial charge on any atom is 0.311 e. The number of hydrogen-bond acceptors (Lipinski definition) is 6. The van der Waals surface area contributed by atoms with E-state index in [1.807, 2.05) is 24.3 Å². The van der Waals surface area contributed by atoms with Gasteiger partial charge in [0.2, 0.25) is 5.91 Å². The third kappa shape index (κ3) is 7.10. The van der Waals surface area contributed by atoms with Crippen molar-refractivity contribution in [1.29, 1.82) is 0 Å². The first-order chi connectivity index (χ1) is 18.5. The fraction of sp³-hybridized carbons (Fsp3) is 0.290. The van der Waals surface area contributed by atoms with Gasteiger partial charge in [-0.15, -0.1) is 0 Å². The monoisotopic (exact) mass is 528 g/mol. The Hall–Kier alpha value is -4.46. The van der Waals surface area contributed by atoms with Gasteiger partial charge in [0.25, 0.3) is 5.91 Å². The molecule has 8 nitrogen and oxygen atoms in total. The molecule has 4 rings (SSSR count). The van der Waals surface area contributed by atoms with Gasteiger partial charge in [0.05, 0.1) is 5.92 Å². The van der Waals surface area contributed by atoms with Gasteiger partial charge in [-0.1, -0.05) is 45.0 Å². The topological polar surface area (TPSA) is 102 Å². The molecule has 1 aliphatic rings. The van der Waals surface area contributed by atoms with Crippen LogP contribution in [0.15, 0.2) is 72.8 Å². The predicted octanol–water partition coefficient (Wildman–Crippen LogP) is 5.51. The Labute approximate surface area is 227 Å². The van der Waals surface area contributed by atoms with Crippen molar-refractivity contribution in [3.63, 3.8) is 0 Å². The van der Waals surface area contributed by atoms with Crippen LogP contribution in [-0.2, 0) is 24.5 Å². The Kier molecular flexibility index (Phi) is 8.14. The maximum atomic E-state index is 12.6. The molecule has 3 aromatic rings. The van der Waals surface area contributed by atoms with Crippen molar-refractivity contribution in [2.45, 2.75) is 39.5 Å². The number of benzene rings is 3. The van der Waals surface area contributed by atoms with Crippen LogP contribution in [0.5, 0.6) is 11.5 Å². The SMILES string of the molecule is CC(=O)c1cccc(NC(=O)COC(=O)[C@@H]2CC(=O)N(c3ccc(Oc4ccc(C(C)(C)C)cc4)cc3)C2)c1. The van der Waals surface area contributed by atoms with Crippen LogP contribution in [0.4, 0.5) is 11.4 Å². The van der Waals surface area contributed by atoms with Gasteiger partial charge in [0.1, 0.15) is 11.5 Å². The first kappa shape index (κ1) is 27.6. The van der Waals surface area contributed by atoms with Gasteiger partial charge in [0, 0.05) is 29.9 Å². The predicted molar refractivity (Wildman–Crippen MR) is 148 cm³/mol. The quantitative estimate of drug-likeness (QED) is 0.305. The standard InChI is InChI=1S/C31H32N2O6/c1-20(34)21-6-5-7-24(16-21)32-28(35)19-38-30(37)22-17-29(36)33(18-22)25-10-14-27(15-11-25)39-26-12-8-23(9-13-26)31(2,3)4/h5-16,22H,17-19H2,1-4H3,(H,32,35)/t22-/m1/s1. The lowest BCUT2D eigenvalue weighted by molar-refractivity contribution is -0.151. The summed E-state index contributed by atoms with van der Waals surface area (Å²) in [5, 5.41) is 2.60. The zero-order valence-corrected chi connectivity index (χ0v) is 22.5. The summed E-state index contributed by atoms with van der Waals surface area (Å²) >= 11 is 0. The number of rotatable bonds is 8. The van der Waals surface area contributed by atoms with Crippen LogP contribution in [0.25, 0.3) is 0 Å². The van der Waals surface area contributed by atoms with E-state index in [1.54, 1.807) is 48.5 Å². The summed E-state index contributed by atoms with van der Waals surface area (Å²) in [6.07, 6.45) is -0.000510. The van der Waals surface area contributed by atoms with Gasteiger partial charge < -0.3 is 19.7 Å². The van der Waals surface area contributed by atoms with Crippen molar-refractivity contribution in [3.8, 4) is 11.5 Å². The number of esters is 1. The van der Waals surface area contributed by atoms with Crippen molar-refractivity contribution >= 4 is 34.9 Å². The molecular formula is C31H32N2O6. The van der Waals surface area contributed by atoms with Crippen molar-refractivity contribution < 1.29 is 28.7 Å². The van der Waals surface area contributed by atoms with Gasteiger partial charge in [-0.2, -0.15) is 0 Å². The summed E-state index contributed by atoms with van der Waals surface area (Å²) in [6.45, 7) is 7.57. The fourth-order valence-electron chi connectivity index (χ4n) is 4.24. The van der Waals surface area contributed by atoms with Gasteiger partial charge in [-0.25, -0.2) is 0 Å². The molecule has 39 heavy (non-hydrogen) atoms. The van der Waals surface area contributed by atoms with Gasteiger partial charge in [-0.05, 0) is 66.4 Å². The number of Topliss-reactive ketones (excluding diaryl/α,β-unsaturated/α-hetero) is 1. The second-order valence-electron chi connectivity index (χ2n) is 10.6. The average Bonchev–Trinajstić information content (AvgIpc) is 3.29. The number of ketones is 1. The van der Waals surface area contributed by atoms with Crippen molar-refractivity contribution in [1.82, 2.24) is 0 Å². The van der Waals surface area contributed by atoms with Crippen molar-refractivity contribution in [3.05, 3.63) is 83.9 Å². The summed E-state index contributed by atoms with van der Waals surface area (Å²) in [4.78, 5) is 50.5. The van der Waals surface area contributed by atoms with E-state index in [9.17, 15) is 19.2 Å². The molecule has 1 heterocycles. The molecule has 1 N–H and O–H groups in total. The van der Waals surface area contributed by atoms with Crippen LogP contribution in [0.3, 0.4) is 0 Å². The van der Waals surface area contributed by atoms with Crippen LogP contribution in [0.1, 0.15) is 50.0 Å².